The molecule has 21 heavy (non-hydrogen) atoms. The van der Waals surface area contributed by atoms with E-state index in [2.05, 4.69) is 24.4 Å². The average molecular weight is 283 g/mol. The van der Waals surface area contributed by atoms with Crippen molar-refractivity contribution < 1.29 is 4.79 Å². The summed E-state index contributed by atoms with van der Waals surface area (Å²) >= 11 is 0. The minimum absolute atomic E-state index is 0.0275. The van der Waals surface area contributed by atoms with Crippen molar-refractivity contribution in [3.8, 4) is 0 Å². The van der Waals surface area contributed by atoms with Crippen LogP contribution in [0, 0.1) is 0 Å². The predicted molar refractivity (Wildman–Crippen MR) is 85.6 cm³/mol. The largest absolute Gasteiger partial charge is 0.399 e. The van der Waals surface area contributed by atoms with Crippen LogP contribution < -0.4 is 16.8 Å². The van der Waals surface area contributed by atoms with Gasteiger partial charge in [0.25, 0.3) is 0 Å². The minimum atomic E-state index is -0.176. The summed E-state index contributed by atoms with van der Waals surface area (Å²) in [6, 6.07) is 17.5. The Labute approximate surface area is 125 Å². The average Bonchev–Trinajstić information content (AvgIpc) is 2.52. The zero-order valence-corrected chi connectivity index (χ0v) is 12.1. The number of nitrogen functional groups attached to an aromatic ring is 1. The first-order chi connectivity index (χ1) is 10.1. The van der Waals surface area contributed by atoms with Gasteiger partial charge < -0.3 is 16.8 Å². The number of hydrogen-bond donors (Lipinski definition) is 3. The van der Waals surface area contributed by atoms with E-state index in [4.69, 9.17) is 11.5 Å². The van der Waals surface area contributed by atoms with Crippen LogP contribution in [-0.4, -0.2) is 12.5 Å². The van der Waals surface area contributed by atoms with Gasteiger partial charge in [-0.05, 0) is 23.3 Å². The maximum atomic E-state index is 11.7. The molecule has 4 heteroatoms. The van der Waals surface area contributed by atoms with Crippen LogP contribution in [0.1, 0.15) is 30.0 Å². The van der Waals surface area contributed by atoms with Crippen LogP contribution in [0.15, 0.2) is 54.6 Å². The summed E-state index contributed by atoms with van der Waals surface area (Å²) < 4.78 is 0. The summed E-state index contributed by atoms with van der Waals surface area (Å²) in [4.78, 5) is 11.7. The molecule has 0 saturated heterocycles. The second-order valence-electron chi connectivity index (χ2n) is 5.12. The first-order valence-electron chi connectivity index (χ1n) is 7.01. The van der Waals surface area contributed by atoms with Gasteiger partial charge in [0.15, 0.2) is 0 Å². The van der Waals surface area contributed by atoms with Crippen LogP contribution in [0.25, 0.3) is 0 Å². The molecule has 1 amide bonds. The molecule has 0 aliphatic carbocycles. The van der Waals surface area contributed by atoms with Crippen LogP contribution in [0.2, 0.25) is 0 Å². The Morgan fingerprint density at radius 2 is 1.76 bits per heavy atom. The van der Waals surface area contributed by atoms with Crippen molar-refractivity contribution >= 4 is 11.6 Å². The summed E-state index contributed by atoms with van der Waals surface area (Å²) in [5, 5.41) is 2.99. The molecule has 0 saturated carbocycles. The standard InChI is InChI=1S/C17H21N3O/c1-12(13-6-3-2-4-7-13)17(20-16(21)11-18)14-8-5-9-15(19)10-14/h2-10,12,17H,11,18-19H2,1H3,(H,20,21). The van der Waals surface area contributed by atoms with E-state index in [0.29, 0.717) is 5.69 Å². The van der Waals surface area contributed by atoms with Crippen molar-refractivity contribution in [2.75, 3.05) is 12.3 Å². The lowest BCUT2D eigenvalue weighted by molar-refractivity contribution is -0.120. The molecule has 5 N–H and O–H groups in total. The Morgan fingerprint density at radius 3 is 2.38 bits per heavy atom. The molecule has 0 radical (unpaired) electrons. The fraction of sp³-hybridized carbons (Fsp3) is 0.235. The molecule has 0 aliphatic heterocycles. The Kier molecular flexibility index (Phi) is 4.95. The molecule has 0 heterocycles. The number of carbonyl (C=O) groups excluding carboxylic acids is 1. The zero-order valence-electron chi connectivity index (χ0n) is 12.1. The van der Waals surface area contributed by atoms with Crippen molar-refractivity contribution in [2.24, 2.45) is 5.73 Å². The van der Waals surface area contributed by atoms with Crippen LogP contribution in [0.5, 0.6) is 0 Å². The fourth-order valence-corrected chi connectivity index (χ4v) is 2.43. The van der Waals surface area contributed by atoms with Crippen LogP contribution in [0.4, 0.5) is 5.69 Å². The van der Waals surface area contributed by atoms with E-state index in [9.17, 15) is 4.79 Å². The maximum absolute atomic E-state index is 11.7. The number of carbonyl (C=O) groups is 1. The van der Waals surface area contributed by atoms with Gasteiger partial charge in [-0.1, -0.05) is 49.4 Å². The number of amides is 1. The molecule has 0 aliphatic rings. The van der Waals surface area contributed by atoms with Crippen molar-refractivity contribution in [3.05, 3.63) is 65.7 Å². The smallest absolute Gasteiger partial charge is 0.234 e. The lowest BCUT2D eigenvalue weighted by atomic mass is 9.88. The van der Waals surface area contributed by atoms with Gasteiger partial charge in [0.2, 0.25) is 5.91 Å². The third-order valence-electron chi connectivity index (χ3n) is 3.60. The number of anilines is 1. The maximum Gasteiger partial charge on any atom is 0.234 e. The van der Waals surface area contributed by atoms with Crippen LogP contribution in [-0.2, 0) is 4.79 Å². The highest BCUT2D eigenvalue weighted by atomic mass is 16.1. The van der Waals surface area contributed by atoms with Gasteiger partial charge in [0.1, 0.15) is 0 Å². The quantitative estimate of drug-likeness (QED) is 0.736. The number of nitrogens with two attached hydrogens (primary N) is 2. The number of hydrogen-bond acceptors (Lipinski definition) is 3. The third-order valence-corrected chi connectivity index (χ3v) is 3.60. The molecule has 2 unspecified atom stereocenters. The first kappa shape index (κ1) is 15.1. The van der Waals surface area contributed by atoms with Gasteiger partial charge in [0, 0.05) is 11.6 Å². The molecule has 2 aromatic rings. The highest BCUT2D eigenvalue weighted by Gasteiger charge is 2.22. The second-order valence-corrected chi connectivity index (χ2v) is 5.12. The summed E-state index contributed by atoms with van der Waals surface area (Å²) in [6.07, 6.45) is 0. The van der Waals surface area contributed by atoms with Gasteiger partial charge in [0.05, 0.1) is 12.6 Å². The van der Waals surface area contributed by atoms with E-state index in [1.165, 1.54) is 0 Å². The molecular weight excluding hydrogens is 262 g/mol. The molecule has 110 valence electrons. The lowest BCUT2D eigenvalue weighted by Gasteiger charge is -2.26. The van der Waals surface area contributed by atoms with E-state index in [1.807, 2.05) is 42.5 Å². The molecular formula is C17H21N3O. The SMILES string of the molecule is CC(c1ccccc1)C(NC(=O)CN)c1cccc(N)c1. The molecule has 2 atom stereocenters. The lowest BCUT2D eigenvalue weighted by Crippen LogP contribution is -2.36. The highest BCUT2D eigenvalue weighted by molar-refractivity contribution is 5.78. The van der Waals surface area contributed by atoms with E-state index in [1.54, 1.807) is 0 Å². The van der Waals surface area contributed by atoms with Crippen molar-refractivity contribution in [1.29, 1.82) is 0 Å². The molecule has 0 spiro atoms. The normalized spacial score (nSPS) is 13.4. The Balaban J connectivity index is 2.34. The van der Waals surface area contributed by atoms with Gasteiger partial charge in [-0.15, -0.1) is 0 Å². The van der Waals surface area contributed by atoms with Crippen molar-refractivity contribution in [1.82, 2.24) is 5.32 Å². The monoisotopic (exact) mass is 283 g/mol. The zero-order chi connectivity index (χ0) is 15.2. The number of nitrogens with one attached hydrogen (secondary N) is 1. The van der Waals surface area contributed by atoms with Gasteiger partial charge in [-0.25, -0.2) is 0 Å². The molecule has 4 nitrogen and oxygen atoms in total. The van der Waals surface area contributed by atoms with Gasteiger partial charge >= 0.3 is 0 Å². The topological polar surface area (TPSA) is 81.1 Å². The fourth-order valence-electron chi connectivity index (χ4n) is 2.43. The van der Waals surface area contributed by atoms with Crippen LogP contribution in [0.3, 0.4) is 0 Å². The summed E-state index contributed by atoms with van der Waals surface area (Å²) in [6.45, 7) is 2.06. The van der Waals surface area contributed by atoms with Crippen molar-refractivity contribution in [2.45, 2.75) is 18.9 Å². The van der Waals surface area contributed by atoms with Gasteiger partial charge in [-0.2, -0.15) is 0 Å². The molecule has 0 bridgehead atoms. The summed E-state index contributed by atoms with van der Waals surface area (Å²) in [5.74, 6) is -0.0614. The summed E-state index contributed by atoms with van der Waals surface area (Å²) in [5.41, 5.74) is 14.1. The third kappa shape index (κ3) is 3.83. The van der Waals surface area contributed by atoms with E-state index in [-0.39, 0.29) is 24.4 Å². The Bertz CT molecular complexity index is 598. The van der Waals surface area contributed by atoms with Crippen LogP contribution >= 0.6 is 0 Å². The Hall–Kier alpha value is -2.33. The minimum Gasteiger partial charge on any atom is -0.399 e. The highest BCUT2D eigenvalue weighted by Crippen LogP contribution is 2.31. The predicted octanol–water partition coefficient (Wildman–Crippen LogP) is 2.19. The molecule has 2 aromatic carbocycles. The van der Waals surface area contributed by atoms with E-state index >= 15 is 0 Å². The first-order valence-corrected chi connectivity index (χ1v) is 7.01. The molecule has 2 rings (SSSR count). The summed E-state index contributed by atoms with van der Waals surface area (Å²) in [7, 11) is 0. The van der Waals surface area contributed by atoms with E-state index in [0.717, 1.165) is 11.1 Å². The Morgan fingerprint density at radius 1 is 1.10 bits per heavy atom. The second kappa shape index (κ2) is 6.90. The van der Waals surface area contributed by atoms with E-state index < -0.39 is 0 Å². The molecule has 0 fully saturated rings. The molecule has 0 aromatic heterocycles. The number of rotatable bonds is 5. The van der Waals surface area contributed by atoms with Crippen molar-refractivity contribution in [3.63, 3.8) is 0 Å². The number of benzene rings is 2. The van der Waals surface area contributed by atoms with Gasteiger partial charge in [-0.3, -0.25) is 4.79 Å².